The van der Waals surface area contributed by atoms with Gasteiger partial charge in [-0.05, 0) is 74.1 Å². The number of aromatic nitrogens is 3. The molecule has 6 rings (SSSR count). The van der Waals surface area contributed by atoms with Crippen molar-refractivity contribution < 1.29 is 18.0 Å². The highest BCUT2D eigenvalue weighted by Gasteiger charge is 2.29. The average Bonchev–Trinajstić information content (AvgIpc) is 3.74. The standard InChI is InChI=1S/C34H38F3N7OS/c1-3-27(45)14-23-6-9-43(19-23)12-13-44-26(18-38)15-29-22(2)24(4-5-31(29)44)20-42-10-7-25(8-11-42)41-32-30-16-28(17-34(35,36)37)46-33(30)40-21-39-32/h3-5,15-16,21,23,25H,1,6-14,17,19-20H2,2H3,(H,39,40,41)/t23-/m0/s1. The second-order valence-corrected chi connectivity index (χ2v) is 13.7. The van der Waals surface area contributed by atoms with Gasteiger partial charge in [-0.25, -0.2) is 9.97 Å². The molecule has 3 aromatic heterocycles. The van der Waals surface area contributed by atoms with Crippen molar-refractivity contribution in [2.45, 2.75) is 64.3 Å². The highest BCUT2D eigenvalue weighted by atomic mass is 32.1. The lowest BCUT2D eigenvalue weighted by Crippen LogP contribution is -2.39. The van der Waals surface area contributed by atoms with Crippen LogP contribution in [-0.2, 0) is 24.3 Å². The Hall–Kier alpha value is -3.79. The Labute approximate surface area is 270 Å². The SMILES string of the molecule is C=CC(=O)C[C@@H]1CCN(CCn2c(C#N)cc3c(C)c(CN4CCC(Nc5ncnc6sc(CC(F)(F)F)cc56)CC4)ccc32)C1. The van der Waals surface area contributed by atoms with Crippen molar-refractivity contribution in [2.24, 2.45) is 5.92 Å². The first kappa shape index (κ1) is 32.2. The van der Waals surface area contributed by atoms with Gasteiger partial charge in [0.1, 0.15) is 28.7 Å². The van der Waals surface area contributed by atoms with E-state index in [1.807, 2.05) is 6.07 Å². The van der Waals surface area contributed by atoms with Crippen LogP contribution in [0.4, 0.5) is 19.0 Å². The van der Waals surface area contributed by atoms with Crippen molar-refractivity contribution in [3.05, 3.63) is 64.9 Å². The molecular weight excluding hydrogens is 611 g/mol. The summed E-state index contributed by atoms with van der Waals surface area (Å²) in [5.74, 6) is 1.07. The number of piperidine rings is 1. The summed E-state index contributed by atoms with van der Waals surface area (Å²) in [5.41, 5.74) is 4.16. The number of fused-ring (bicyclic) bond motifs is 2. The molecule has 242 valence electrons. The zero-order chi connectivity index (χ0) is 32.4. The molecule has 0 bridgehead atoms. The lowest BCUT2D eigenvalue weighted by molar-refractivity contribution is -0.126. The summed E-state index contributed by atoms with van der Waals surface area (Å²) in [6.45, 7) is 11.7. The van der Waals surface area contributed by atoms with Crippen LogP contribution in [0.1, 0.15) is 47.4 Å². The van der Waals surface area contributed by atoms with Crippen LogP contribution in [0.2, 0.25) is 0 Å². The van der Waals surface area contributed by atoms with E-state index >= 15 is 0 Å². The topological polar surface area (TPSA) is 90.1 Å². The number of anilines is 1. The van der Waals surface area contributed by atoms with Gasteiger partial charge in [-0.3, -0.25) is 9.69 Å². The summed E-state index contributed by atoms with van der Waals surface area (Å²) in [4.78, 5) is 25.9. The quantitative estimate of drug-likeness (QED) is 0.186. The summed E-state index contributed by atoms with van der Waals surface area (Å²) < 4.78 is 40.9. The predicted octanol–water partition coefficient (Wildman–Crippen LogP) is 6.47. The van der Waals surface area contributed by atoms with Crippen molar-refractivity contribution in [1.29, 1.82) is 5.26 Å². The number of hydrogen-bond acceptors (Lipinski definition) is 8. The van der Waals surface area contributed by atoms with Gasteiger partial charge >= 0.3 is 6.18 Å². The van der Waals surface area contributed by atoms with E-state index in [9.17, 15) is 23.2 Å². The lowest BCUT2D eigenvalue weighted by atomic mass is 10.0. The number of allylic oxidation sites excluding steroid dienone is 1. The molecule has 2 aliphatic heterocycles. The van der Waals surface area contributed by atoms with Gasteiger partial charge in [-0.1, -0.05) is 12.6 Å². The number of aryl methyl sites for hydroxylation is 1. The first-order valence-corrected chi connectivity index (χ1v) is 16.6. The molecule has 4 aromatic rings. The molecule has 0 saturated carbocycles. The van der Waals surface area contributed by atoms with Gasteiger partial charge < -0.3 is 14.8 Å². The van der Waals surface area contributed by atoms with E-state index in [1.54, 1.807) is 6.07 Å². The number of nitrogens with zero attached hydrogens (tertiary/aromatic N) is 6. The summed E-state index contributed by atoms with van der Waals surface area (Å²) in [5, 5.41) is 15.2. The van der Waals surface area contributed by atoms with Gasteiger partial charge in [-0.2, -0.15) is 18.4 Å². The van der Waals surface area contributed by atoms with Crippen LogP contribution in [0.15, 0.2) is 43.2 Å². The third kappa shape index (κ3) is 7.27. The maximum Gasteiger partial charge on any atom is 0.393 e. The van der Waals surface area contributed by atoms with E-state index < -0.39 is 12.6 Å². The Kier molecular flexibility index (Phi) is 9.45. The van der Waals surface area contributed by atoms with Crippen LogP contribution < -0.4 is 5.32 Å². The van der Waals surface area contributed by atoms with Crippen LogP contribution in [0.25, 0.3) is 21.1 Å². The maximum atomic E-state index is 12.9. The number of carbonyl (C=O) groups excluding carboxylic acids is 1. The molecule has 1 N–H and O–H groups in total. The molecule has 0 unspecified atom stereocenters. The van der Waals surface area contributed by atoms with Gasteiger partial charge in [0, 0.05) is 67.5 Å². The summed E-state index contributed by atoms with van der Waals surface area (Å²) in [6.07, 6.45) is 0.957. The Morgan fingerprint density at radius 1 is 1.13 bits per heavy atom. The average molecular weight is 650 g/mol. The number of nitriles is 1. The Balaban J connectivity index is 1.06. The lowest BCUT2D eigenvalue weighted by Gasteiger charge is -2.33. The normalized spacial score (nSPS) is 18.4. The largest absolute Gasteiger partial charge is 0.393 e. The number of carbonyl (C=O) groups is 1. The number of benzene rings is 1. The van der Waals surface area contributed by atoms with E-state index in [-0.39, 0.29) is 16.7 Å². The molecule has 0 radical (unpaired) electrons. The second kappa shape index (κ2) is 13.5. The fourth-order valence-electron chi connectivity index (χ4n) is 6.89. The van der Waals surface area contributed by atoms with Crippen LogP contribution in [0, 0.1) is 24.2 Å². The zero-order valence-corrected chi connectivity index (χ0v) is 26.8. The van der Waals surface area contributed by atoms with E-state index in [1.165, 1.54) is 23.5 Å². The minimum absolute atomic E-state index is 0.105. The minimum atomic E-state index is -4.26. The number of alkyl halides is 3. The monoisotopic (exact) mass is 649 g/mol. The molecule has 8 nitrogen and oxygen atoms in total. The van der Waals surface area contributed by atoms with Crippen LogP contribution in [0.5, 0.6) is 0 Å². The van der Waals surface area contributed by atoms with Gasteiger partial charge in [-0.15, -0.1) is 11.3 Å². The molecule has 2 saturated heterocycles. The zero-order valence-electron chi connectivity index (χ0n) is 25.9. The number of hydrogen-bond donors (Lipinski definition) is 1. The molecule has 1 atom stereocenters. The number of ketones is 1. The molecule has 5 heterocycles. The number of halogens is 3. The molecule has 2 aliphatic rings. The van der Waals surface area contributed by atoms with E-state index in [4.69, 9.17) is 0 Å². The van der Waals surface area contributed by atoms with Crippen molar-refractivity contribution in [3.63, 3.8) is 0 Å². The second-order valence-electron chi connectivity index (χ2n) is 12.5. The third-order valence-electron chi connectivity index (χ3n) is 9.39. The van der Waals surface area contributed by atoms with E-state index in [0.29, 0.717) is 34.1 Å². The number of nitrogens with one attached hydrogen (secondary N) is 1. The van der Waals surface area contributed by atoms with Crippen LogP contribution in [-0.4, -0.2) is 75.1 Å². The predicted molar refractivity (Wildman–Crippen MR) is 175 cm³/mol. The third-order valence-corrected chi connectivity index (χ3v) is 10.4. The Bertz CT molecular complexity index is 1780. The first-order chi connectivity index (χ1) is 22.1. The molecular formula is C34H38F3N7OS. The molecule has 2 fully saturated rings. The van der Waals surface area contributed by atoms with Gasteiger partial charge in [0.2, 0.25) is 0 Å². The van der Waals surface area contributed by atoms with Gasteiger partial charge in [0.25, 0.3) is 0 Å². The molecule has 0 spiro atoms. The molecule has 12 heteroatoms. The highest BCUT2D eigenvalue weighted by Crippen LogP contribution is 2.33. The van der Waals surface area contributed by atoms with Crippen LogP contribution >= 0.6 is 11.3 Å². The van der Waals surface area contributed by atoms with Crippen molar-refractivity contribution in [3.8, 4) is 6.07 Å². The highest BCUT2D eigenvalue weighted by molar-refractivity contribution is 7.18. The summed E-state index contributed by atoms with van der Waals surface area (Å²) in [7, 11) is 0. The molecule has 0 aliphatic carbocycles. The van der Waals surface area contributed by atoms with E-state index in [0.717, 1.165) is 87.3 Å². The maximum absolute atomic E-state index is 12.9. The number of thiophene rings is 1. The number of likely N-dealkylation sites (tertiary alicyclic amines) is 2. The van der Waals surface area contributed by atoms with Crippen molar-refractivity contribution in [1.82, 2.24) is 24.3 Å². The van der Waals surface area contributed by atoms with Gasteiger partial charge in [0.15, 0.2) is 5.78 Å². The first-order valence-electron chi connectivity index (χ1n) is 15.8. The fraction of sp³-hybridized carbons (Fsp3) is 0.471. The molecule has 1 aromatic carbocycles. The molecule has 46 heavy (non-hydrogen) atoms. The Morgan fingerprint density at radius 3 is 2.65 bits per heavy atom. The van der Waals surface area contributed by atoms with Crippen molar-refractivity contribution in [2.75, 3.05) is 38.0 Å². The fourth-order valence-corrected chi connectivity index (χ4v) is 7.92. The van der Waals surface area contributed by atoms with Gasteiger partial charge in [0.05, 0.1) is 11.8 Å². The van der Waals surface area contributed by atoms with Crippen molar-refractivity contribution >= 4 is 44.1 Å². The minimum Gasteiger partial charge on any atom is -0.367 e. The van der Waals surface area contributed by atoms with E-state index in [2.05, 4.69) is 61.4 Å². The smallest absolute Gasteiger partial charge is 0.367 e. The van der Waals surface area contributed by atoms with Crippen LogP contribution in [0.3, 0.4) is 0 Å². The summed E-state index contributed by atoms with van der Waals surface area (Å²) >= 11 is 1.06. The summed E-state index contributed by atoms with van der Waals surface area (Å²) in [6, 6.07) is 10.4. The Morgan fingerprint density at radius 2 is 1.91 bits per heavy atom. The number of rotatable bonds is 11. The molecule has 0 amide bonds.